The van der Waals surface area contributed by atoms with Crippen LogP contribution in [0.4, 0.5) is 11.4 Å². The highest BCUT2D eigenvalue weighted by atomic mass is 16.6. The molecule has 7 heteroatoms. The van der Waals surface area contributed by atoms with Gasteiger partial charge in [-0.25, -0.2) is 0 Å². The topological polar surface area (TPSA) is 81.9 Å². The molecule has 0 aliphatic rings. The molecule has 0 bridgehead atoms. The van der Waals surface area contributed by atoms with E-state index >= 15 is 0 Å². The van der Waals surface area contributed by atoms with Crippen molar-refractivity contribution in [3.05, 3.63) is 28.3 Å². The molecule has 1 aromatic rings. The number of carbonyl (C=O) groups excluding carboxylic acids is 1. The van der Waals surface area contributed by atoms with Gasteiger partial charge in [-0.05, 0) is 19.4 Å². The molecule has 116 valence electrons. The smallest absolute Gasteiger partial charge is 0.325 e. The Morgan fingerprint density at radius 1 is 1.38 bits per heavy atom. The molecule has 0 fully saturated rings. The summed E-state index contributed by atoms with van der Waals surface area (Å²) < 4.78 is 9.98. The van der Waals surface area contributed by atoms with E-state index in [2.05, 4.69) is 0 Å². The van der Waals surface area contributed by atoms with Gasteiger partial charge >= 0.3 is 11.7 Å². The van der Waals surface area contributed by atoms with Gasteiger partial charge < -0.3 is 14.4 Å². The first-order chi connectivity index (χ1) is 10.0. The summed E-state index contributed by atoms with van der Waals surface area (Å²) >= 11 is 0. The Bertz CT molecular complexity index is 504. The minimum atomic E-state index is -0.502. The largest absolute Gasteiger partial charge is 0.490 e. The van der Waals surface area contributed by atoms with Crippen molar-refractivity contribution in [2.24, 2.45) is 0 Å². The fourth-order valence-corrected chi connectivity index (χ4v) is 1.95. The second-order valence-electron chi connectivity index (χ2n) is 4.34. The summed E-state index contributed by atoms with van der Waals surface area (Å²) in [6, 6.07) is 4.55. The fourth-order valence-electron chi connectivity index (χ4n) is 1.95. The monoisotopic (exact) mass is 296 g/mol. The number of ether oxygens (including phenoxy) is 2. The van der Waals surface area contributed by atoms with Crippen LogP contribution in [0.1, 0.15) is 20.3 Å². The van der Waals surface area contributed by atoms with Crippen molar-refractivity contribution in [2.75, 3.05) is 31.7 Å². The van der Waals surface area contributed by atoms with Crippen molar-refractivity contribution in [2.45, 2.75) is 20.3 Å². The summed E-state index contributed by atoms with van der Waals surface area (Å²) in [6.45, 7) is 4.79. The predicted octanol–water partition coefficient (Wildman–Crippen LogP) is 2.38. The average Bonchev–Trinajstić information content (AvgIpc) is 2.46. The van der Waals surface area contributed by atoms with Crippen molar-refractivity contribution < 1.29 is 19.2 Å². The molecule has 0 radical (unpaired) electrons. The normalized spacial score (nSPS) is 10.0. The van der Waals surface area contributed by atoms with E-state index in [0.29, 0.717) is 18.8 Å². The van der Waals surface area contributed by atoms with Gasteiger partial charge in [0.25, 0.3) is 0 Å². The van der Waals surface area contributed by atoms with Crippen molar-refractivity contribution in [3.63, 3.8) is 0 Å². The van der Waals surface area contributed by atoms with Crippen LogP contribution in [0.2, 0.25) is 0 Å². The number of carbonyl (C=O) groups is 1. The van der Waals surface area contributed by atoms with E-state index in [9.17, 15) is 14.9 Å². The van der Waals surface area contributed by atoms with E-state index in [0.717, 1.165) is 6.42 Å². The molecule has 0 saturated heterocycles. The highest BCUT2D eigenvalue weighted by Crippen LogP contribution is 2.31. The summed E-state index contributed by atoms with van der Waals surface area (Å²) in [6.07, 6.45) is 0.832. The molecule has 0 N–H and O–H groups in total. The lowest BCUT2D eigenvalue weighted by Crippen LogP contribution is -2.31. The molecule has 1 rings (SSSR count). The van der Waals surface area contributed by atoms with E-state index in [-0.39, 0.29) is 24.0 Å². The van der Waals surface area contributed by atoms with Gasteiger partial charge in [-0.15, -0.1) is 0 Å². The van der Waals surface area contributed by atoms with Crippen LogP contribution in [0.25, 0.3) is 0 Å². The highest BCUT2D eigenvalue weighted by Gasteiger charge is 2.18. The molecule has 21 heavy (non-hydrogen) atoms. The number of nitrogens with zero attached hydrogens (tertiary/aromatic N) is 2. The van der Waals surface area contributed by atoms with E-state index in [4.69, 9.17) is 9.47 Å². The molecule has 0 aromatic heterocycles. The van der Waals surface area contributed by atoms with E-state index in [1.54, 1.807) is 19.1 Å². The van der Waals surface area contributed by atoms with Crippen LogP contribution in [0.15, 0.2) is 18.2 Å². The lowest BCUT2D eigenvalue weighted by atomic mass is 10.2. The predicted molar refractivity (Wildman–Crippen MR) is 78.8 cm³/mol. The van der Waals surface area contributed by atoms with Crippen LogP contribution in [0, 0.1) is 10.1 Å². The molecule has 0 atom stereocenters. The van der Waals surface area contributed by atoms with Crippen LogP contribution in [-0.2, 0) is 9.53 Å². The standard InChI is InChI=1S/C14H20N2O5/c1-4-8-15(10-14(17)21-5-2)11-6-7-12(16(18)19)13(9-11)20-3/h6-7,9H,4-5,8,10H2,1-3H3. The van der Waals surface area contributed by atoms with E-state index < -0.39 is 4.92 Å². The highest BCUT2D eigenvalue weighted by molar-refractivity contribution is 5.76. The third-order valence-electron chi connectivity index (χ3n) is 2.84. The molecule has 0 amide bonds. The zero-order valence-corrected chi connectivity index (χ0v) is 12.5. The number of benzene rings is 1. The number of hydrogen-bond donors (Lipinski definition) is 0. The third-order valence-corrected chi connectivity index (χ3v) is 2.84. The van der Waals surface area contributed by atoms with Crippen molar-refractivity contribution >= 4 is 17.3 Å². The maximum atomic E-state index is 11.6. The molecule has 1 aromatic carbocycles. The zero-order chi connectivity index (χ0) is 15.8. The Morgan fingerprint density at radius 3 is 2.62 bits per heavy atom. The van der Waals surface area contributed by atoms with Gasteiger partial charge in [0.1, 0.15) is 6.54 Å². The number of nitro groups is 1. The number of nitro benzene ring substituents is 1. The molecule has 0 saturated carbocycles. The van der Waals surface area contributed by atoms with Crippen molar-refractivity contribution in [1.29, 1.82) is 0 Å². The van der Waals surface area contributed by atoms with Crippen LogP contribution in [0.5, 0.6) is 5.75 Å². The second kappa shape index (κ2) is 8.08. The zero-order valence-electron chi connectivity index (χ0n) is 12.5. The first-order valence-corrected chi connectivity index (χ1v) is 6.76. The first kappa shape index (κ1) is 16.7. The number of methoxy groups -OCH3 is 1. The Kier molecular flexibility index (Phi) is 6.45. The Morgan fingerprint density at radius 2 is 2.10 bits per heavy atom. The van der Waals surface area contributed by atoms with Crippen LogP contribution < -0.4 is 9.64 Å². The quantitative estimate of drug-likeness (QED) is 0.416. The SMILES string of the molecule is CCCN(CC(=O)OCC)c1ccc([N+](=O)[O-])c(OC)c1. The minimum Gasteiger partial charge on any atom is -0.490 e. The number of esters is 1. The molecule has 0 aliphatic heterocycles. The van der Waals surface area contributed by atoms with Gasteiger partial charge in [0.05, 0.1) is 18.6 Å². The number of anilines is 1. The van der Waals surface area contributed by atoms with Gasteiger partial charge in [0, 0.05) is 24.4 Å². The maximum absolute atomic E-state index is 11.6. The van der Waals surface area contributed by atoms with Gasteiger partial charge in [0.15, 0.2) is 5.75 Å². The van der Waals surface area contributed by atoms with Crippen molar-refractivity contribution in [1.82, 2.24) is 0 Å². The Hall–Kier alpha value is -2.31. The van der Waals surface area contributed by atoms with Gasteiger partial charge in [-0.3, -0.25) is 14.9 Å². The summed E-state index contributed by atoms with van der Waals surface area (Å²) in [5, 5.41) is 10.9. The Labute approximate surface area is 123 Å². The molecular formula is C14H20N2O5. The molecule has 0 aliphatic carbocycles. The molecule has 0 spiro atoms. The van der Waals surface area contributed by atoms with E-state index in [1.165, 1.54) is 13.2 Å². The van der Waals surface area contributed by atoms with Gasteiger partial charge in [-0.2, -0.15) is 0 Å². The van der Waals surface area contributed by atoms with Crippen LogP contribution in [0.3, 0.4) is 0 Å². The summed E-state index contributed by atoms with van der Waals surface area (Å²) in [7, 11) is 1.38. The number of rotatable bonds is 8. The van der Waals surface area contributed by atoms with Gasteiger partial charge in [0.2, 0.25) is 0 Å². The first-order valence-electron chi connectivity index (χ1n) is 6.76. The second-order valence-corrected chi connectivity index (χ2v) is 4.34. The molecule has 0 unspecified atom stereocenters. The third kappa shape index (κ3) is 4.62. The average molecular weight is 296 g/mol. The maximum Gasteiger partial charge on any atom is 0.325 e. The summed E-state index contributed by atoms with van der Waals surface area (Å²) in [4.78, 5) is 23.8. The Balaban J connectivity index is 3.02. The minimum absolute atomic E-state index is 0.0998. The molecular weight excluding hydrogens is 276 g/mol. The lowest BCUT2D eigenvalue weighted by Gasteiger charge is -2.23. The molecule has 7 nitrogen and oxygen atoms in total. The van der Waals surface area contributed by atoms with E-state index in [1.807, 2.05) is 11.8 Å². The van der Waals surface area contributed by atoms with Crippen LogP contribution in [-0.4, -0.2) is 37.7 Å². The van der Waals surface area contributed by atoms with Crippen molar-refractivity contribution in [3.8, 4) is 5.75 Å². The van der Waals surface area contributed by atoms with Gasteiger partial charge in [-0.1, -0.05) is 6.92 Å². The number of hydrogen-bond acceptors (Lipinski definition) is 6. The fraction of sp³-hybridized carbons (Fsp3) is 0.500. The molecule has 0 heterocycles. The summed E-state index contributed by atoms with van der Waals surface area (Å²) in [5.41, 5.74) is 0.584. The van der Waals surface area contributed by atoms with Crippen LogP contribution >= 0.6 is 0 Å². The summed E-state index contributed by atoms with van der Waals surface area (Å²) in [5.74, 6) is -0.161. The lowest BCUT2D eigenvalue weighted by molar-refractivity contribution is -0.385.